The van der Waals surface area contributed by atoms with E-state index < -0.39 is 34.9 Å². The zero-order chi connectivity index (χ0) is 23.4. The molecule has 0 saturated carbocycles. The smallest absolute Gasteiger partial charge is 0.241 e. The lowest BCUT2D eigenvalue weighted by atomic mass is 10.1. The number of rotatable bonds is 8. The fraction of sp³-hybridized carbons (Fsp3) is 0.375. The van der Waals surface area contributed by atoms with Crippen molar-refractivity contribution >= 4 is 15.9 Å². The molecular weight excluding hydrogens is 444 g/mol. The molecule has 1 amide bonds. The number of methoxy groups -OCH3 is 1. The van der Waals surface area contributed by atoms with Crippen molar-refractivity contribution in [2.24, 2.45) is 0 Å². The lowest BCUT2D eigenvalue weighted by Crippen LogP contribution is -2.49. The van der Waals surface area contributed by atoms with Crippen LogP contribution in [-0.2, 0) is 32.4 Å². The highest BCUT2D eigenvalue weighted by Gasteiger charge is 2.32. The predicted molar refractivity (Wildman–Crippen MR) is 122 cm³/mol. The number of carbonyl (C=O) groups is 1. The molecule has 3 atom stereocenters. The summed E-state index contributed by atoms with van der Waals surface area (Å²) in [4.78, 5) is 12.6. The Morgan fingerprint density at radius 2 is 1.85 bits per heavy atom. The third kappa shape index (κ3) is 5.62. The summed E-state index contributed by atoms with van der Waals surface area (Å²) in [5, 5.41) is 12.8. The number of hydrogen-bond donors (Lipinski definition) is 3. The molecule has 0 bridgehead atoms. The standard InChI is InChI=1S/C24H28N2O6S/c1-31-19-7-4-8-21(13-19)33(29,30)26-22-10-9-20(32-23(22)15-27)14-24(28)25-18-11-16-5-2-3-6-17(16)12-18/h2-10,13,18,20,22-23,26-27H,11-12,14-15H2,1H3,(H,25,28)/t20-,22-,23-/m0/s1. The molecule has 1 aliphatic carbocycles. The minimum absolute atomic E-state index is 0.0472. The van der Waals surface area contributed by atoms with Gasteiger partial charge in [-0.2, -0.15) is 0 Å². The van der Waals surface area contributed by atoms with E-state index in [0.29, 0.717) is 5.75 Å². The van der Waals surface area contributed by atoms with Crippen LogP contribution in [0.1, 0.15) is 17.5 Å². The maximum atomic E-state index is 12.8. The summed E-state index contributed by atoms with van der Waals surface area (Å²) in [5.41, 5.74) is 2.51. The Kier molecular flexibility index (Phi) is 7.14. The number of aliphatic hydroxyl groups is 1. The molecule has 176 valence electrons. The van der Waals surface area contributed by atoms with Gasteiger partial charge < -0.3 is 19.9 Å². The van der Waals surface area contributed by atoms with E-state index in [1.807, 2.05) is 12.1 Å². The van der Waals surface area contributed by atoms with Gasteiger partial charge in [0.15, 0.2) is 0 Å². The molecule has 0 saturated heterocycles. The van der Waals surface area contributed by atoms with Gasteiger partial charge >= 0.3 is 0 Å². The molecule has 33 heavy (non-hydrogen) atoms. The van der Waals surface area contributed by atoms with E-state index in [0.717, 1.165) is 12.8 Å². The van der Waals surface area contributed by atoms with Crippen molar-refractivity contribution in [3.63, 3.8) is 0 Å². The first-order valence-corrected chi connectivity index (χ1v) is 12.3. The molecule has 8 nitrogen and oxygen atoms in total. The van der Waals surface area contributed by atoms with Gasteiger partial charge in [-0.3, -0.25) is 4.79 Å². The van der Waals surface area contributed by atoms with Crippen LogP contribution in [0.5, 0.6) is 5.75 Å². The first-order chi connectivity index (χ1) is 15.9. The molecule has 0 radical (unpaired) electrons. The second-order valence-electron chi connectivity index (χ2n) is 8.25. The van der Waals surface area contributed by atoms with Gasteiger partial charge in [-0.15, -0.1) is 0 Å². The molecule has 2 aliphatic rings. The summed E-state index contributed by atoms with van der Waals surface area (Å²) < 4.78 is 39.0. The Morgan fingerprint density at radius 1 is 1.12 bits per heavy atom. The van der Waals surface area contributed by atoms with Crippen molar-refractivity contribution in [3.05, 3.63) is 71.8 Å². The van der Waals surface area contributed by atoms with Crippen LogP contribution in [0.3, 0.4) is 0 Å². The number of fused-ring (bicyclic) bond motifs is 1. The Labute approximate surface area is 193 Å². The van der Waals surface area contributed by atoms with Gasteiger partial charge in [-0.05, 0) is 36.1 Å². The number of ether oxygens (including phenoxy) is 2. The largest absolute Gasteiger partial charge is 0.497 e. The lowest BCUT2D eigenvalue weighted by Gasteiger charge is -2.31. The second kappa shape index (κ2) is 10.0. The molecule has 0 fully saturated rings. The van der Waals surface area contributed by atoms with E-state index in [4.69, 9.17) is 9.47 Å². The van der Waals surface area contributed by atoms with E-state index >= 15 is 0 Å². The van der Waals surface area contributed by atoms with Gasteiger partial charge in [0.1, 0.15) is 11.9 Å². The Balaban J connectivity index is 1.35. The molecule has 3 N–H and O–H groups in total. The van der Waals surface area contributed by atoms with Crippen molar-refractivity contribution in [2.75, 3.05) is 13.7 Å². The summed E-state index contributed by atoms with van der Waals surface area (Å²) >= 11 is 0. The van der Waals surface area contributed by atoms with Gasteiger partial charge in [0.2, 0.25) is 15.9 Å². The molecule has 1 aliphatic heterocycles. The SMILES string of the molecule is COc1cccc(S(=O)(=O)N[C@H]2C=C[C@@H](CC(=O)NC3Cc4ccccc4C3)O[C@H]2CO)c1. The average molecular weight is 473 g/mol. The highest BCUT2D eigenvalue weighted by atomic mass is 32.2. The minimum Gasteiger partial charge on any atom is -0.497 e. The van der Waals surface area contributed by atoms with Crippen molar-refractivity contribution in [1.29, 1.82) is 0 Å². The number of benzene rings is 2. The monoisotopic (exact) mass is 472 g/mol. The molecule has 0 aromatic heterocycles. The Hall–Kier alpha value is -2.72. The molecule has 2 aromatic carbocycles. The number of amides is 1. The quantitative estimate of drug-likeness (QED) is 0.500. The molecule has 1 heterocycles. The van der Waals surface area contributed by atoms with Gasteiger partial charge in [-0.1, -0.05) is 42.5 Å². The fourth-order valence-electron chi connectivity index (χ4n) is 4.26. The summed E-state index contributed by atoms with van der Waals surface area (Å²) in [6, 6.07) is 13.5. The zero-order valence-corrected chi connectivity index (χ0v) is 19.1. The van der Waals surface area contributed by atoms with Crippen LogP contribution in [-0.4, -0.2) is 57.4 Å². The summed E-state index contributed by atoms with van der Waals surface area (Å²) in [6.45, 7) is -0.397. The van der Waals surface area contributed by atoms with Crippen LogP contribution < -0.4 is 14.8 Å². The predicted octanol–water partition coefficient (Wildman–Crippen LogP) is 1.33. The van der Waals surface area contributed by atoms with Gasteiger partial charge in [0, 0.05) is 12.1 Å². The van der Waals surface area contributed by atoms with Crippen molar-refractivity contribution in [2.45, 2.75) is 48.4 Å². The number of sulfonamides is 1. The van der Waals surface area contributed by atoms with Crippen LogP contribution in [0.4, 0.5) is 0 Å². The molecule has 4 rings (SSSR count). The van der Waals surface area contributed by atoms with Crippen molar-refractivity contribution in [1.82, 2.24) is 10.0 Å². The van der Waals surface area contributed by atoms with E-state index in [1.54, 1.807) is 24.3 Å². The minimum atomic E-state index is -3.87. The van der Waals surface area contributed by atoms with Crippen LogP contribution in [0.15, 0.2) is 65.6 Å². The maximum Gasteiger partial charge on any atom is 0.241 e. The molecule has 0 unspecified atom stereocenters. The number of carbonyl (C=O) groups excluding carboxylic acids is 1. The van der Waals surface area contributed by atoms with Gasteiger partial charge in [-0.25, -0.2) is 13.1 Å². The lowest BCUT2D eigenvalue weighted by molar-refractivity contribution is -0.125. The zero-order valence-electron chi connectivity index (χ0n) is 18.3. The van der Waals surface area contributed by atoms with Crippen LogP contribution in [0.25, 0.3) is 0 Å². The normalized spacial score (nSPS) is 22.7. The second-order valence-corrected chi connectivity index (χ2v) is 9.97. The highest BCUT2D eigenvalue weighted by Crippen LogP contribution is 2.23. The number of aliphatic hydroxyl groups excluding tert-OH is 1. The Bertz CT molecular complexity index is 1110. The highest BCUT2D eigenvalue weighted by molar-refractivity contribution is 7.89. The fourth-order valence-corrected chi connectivity index (χ4v) is 5.51. The molecular formula is C24H28N2O6S. The molecule has 0 spiro atoms. The van der Waals surface area contributed by atoms with Crippen LogP contribution in [0.2, 0.25) is 0 Å². The molecule has 9 heteroatoms. The first kappa shape index (κ1) is 23.4. The van der Waals surface area contributed by atoms with Crippen molar-refractivity contribution in [3.8, 4) is 5.75 Å². The molecule has 2 aromatic rings. The average Bonchev–Trinajstić information content (AvgIpc) is 3.22. The van der Waals surface area contributed by atoms with E-state index in [2.05, 4.69) is 22.2 Å². The summed E-state index contributed by atoms with van der Waals surface area (Å²) in [7, 11) is -2.41. The first-order valence-electron chi connectivity index (χ1n) is 10.8. The Morgan fingerprint density at radius 3 is 2.52 bits per heavy atom. The van der Waals surface area contributed by atoms with E-state index in [9.17, 15) is 18.3 Å². The van der Waals surface area contributed by atoms with Crippen LogP contribution >= 0.6 is 0 Å². The summed E-state index contributed by atoms with van der Waals surface area (Å²) in [5.74, 6) is 0.276. The van der Waals surface area contributed by atoms with E-state index in [-0.39, 0.29) is 23.3 Å². The number of nitrogens with one attached hydrogen (secondary N) is 2. The van der Waals surface area contributed by atoms with Crippen molar-refractivity contribution < 1.29 is 27.8 Å². The third-order valence-corrected chi connectivity index (χ3v) is 7.37. The maximum absolute atomic E-state index is 12.8. The van der Waals surface area contributed by atoms with E-state index in [1.165, 1.54) is 30.4 Å². The third-order valence-electron chi connectivity index (χ3n) is 5.91. The summed E-state index contributed by atoms with van der Waals surface area (Å²) in [6.07, 6.45) is 3.62. The topological polar surface area (TPSA) is 114 Å². The van der Waals surface area contributed by atoms with Gasteiger partial charge in [0.05, 0.1) is 37.2 Å². The number of hydrogen-bond acceptors (Lipinski definition) is 6. The van der Waals surface area contributed by atoms with Crippen LogP contribution in [0, 0.1) is 0 Å². The van der Waals surface area contributed by atoms with Gasteiger partial charge in [0.25, 0.3) is 0 Å².